The Hall–Kier alpha value is -2.51. The smallest absolute Gasteiger partial charge is 0.260 e. The van der Waals surface area contributed by atoms with E-state index in [1.54, 1.807) is 4.90 Å². The van der Waals surface area contributed by atoms with Gasteiger partial charge in [0.2, 0.25) is 0 Å². The third-order valence-corrected chi connectivity index (χ3v) is 5.28. The first-order valence-corrected chi connectivity index (χ1v) is 9.93. The minimum atomic E-state index is -0.442. The normalized spacial score (nSPS) is 16.6. The molecule has 1 amide bonds. The average molecular weight is 421 g/mol. The van der Waals surface area contributed by atoms with Crippen LogP contribution in [0.15, 0.2) is 36.4 Å². The van der Waals surface area contributed by atoms with E-state index in [1.165, 1.54) is 12.1 Å². The number of hydrogen-bond acceptors (Lipinski definition) is 5. The summed E-state index contributed by atoms with van der Waals surface area (Å²) in [4.78, 5) is 16.5. The average Bonchev–Trinajstić information content (AvgIpc) is 2.73. The van der Waals surface area contributed by atoms with Gasteiger partial charge >= 0.3 is 0 Å². The van der Waals surface area contributed by atoms with Gasteiger partial charge in [0.25, 0.3) is 5.91 Å². The number of carbonyl (C=O) groups excluding carboxylic acids is 1. The number of hydrogen-bond donors (Lipinski definition) is 0. The van der Waals surface area contributed by atoms with Crippen molar-refractivity contribution in [2.45, 2.75) is 6.54 Å². The highest BCUT2D eigenvalue weighted by Crippen LogP contribution is 2.31. The van der Waals surface area contributed by atoms with Crippen LogP contribution in [0.25, 0.3) is 0 Å². The van der Waals surface area contributed by atoms with Gasteiger partial charge in [-0.25, -0.2) is 4.39 Å². The Balaban J connectivity index is 1.25. The van der Waals surface area contributed by atoms with E-state index in [-0.39, 0.29) is 17.5 Å². The van der Waals surface area contributed by atoms with Gasteiger partial charge in [0.1, 0.15) is 24.8 Å². The van der Waals surface area contributed by atoms with Crippen molar-refractivity contribution in [3.8, 4) is 17.2 Å². The van der Waals surface area contributed by atoms with E-state index in [0.717, 1.165) is 42.8 Å². The fraction of sp³-hybridized carbons (Fsp3) is 0.381. The zero-order chi connectivity index (χ0) is 20.2. The second-order valence-corrected chi connectivity index (χ2v) is 7.41. The van der Waals surface area contributed by atoms with Crippen LogP contribution in [0.4, 0.5) is 4.39 Å². The van der Waals surface area contributed by atoms with Crippen LogP contribution in [0.5, 0.6) is 17.2 Å². The fourth-order valence-corrected chi connectivity index (χ4v) is 3.64. The highest BCUT2D eigenvalue weighted by molar-refractivity contribution is 6.32. The summed E-state index contributed by atoms with van der Waals surface area (Å²) in [7, 11) is 0. The van der Waals surface area contributed by atoms with E-state index in [0.29, 0.717) is 32.1 Å². The van der Waals surface area contributed by atoms with Gasteiger partial charge in [-0.1, -0.05) is 17.7 Å². The molecule has 8 heteroatoms. The fourth-order valence-electron chi connectivity index (χ4n) is 3.42. The van der Waals surface area contributed by atoms with Gasteiger partial charge < -0.3 is 19.1 Å². The van der Waals surface area contributed by atoms with E-state index in [2.05, 4.69) is 4.90 Å². The highest BCUT2D eigenvalue weighted by atomic mass is 35.5. The summed E-state index contributed by atoms with van der Waals surface area (Å²) < 4.78 is 29.7. The molecule has 0 atom stereocenters. The largest absolute Gasteiger partial charge is 0.486 e. The van der Waals surface area contributed by atoms with Gasteiger partial charge in [-0.3, -0.25) is 9.69 Å². The molecule has 0 bridgehead atoms. The van der Waals surface area contributed by atoms with Crippen molar-refractivity contribution >= 4 is 17.5 Å². The SMILES string of the molecule is O=C(COc1ccc(F)cc1Cl)N1CCN(Cc2ccc3c(c2)OCCO3)CC1. The third-order valence-electron chi connectivity index (χ3n) is 4.98. The molecule has 1 fully saturated rings. The van der Waals surface area contributed by atoms with Gasteiger partial charge in [0, 0.05) is 32.7 Å². The maximum absolute atomic E-state index is 13.1. The quantitative estimate of drug-likeness (QED) is 0.744. The Labute approximate surface area is 173 Å². The predicted molar refractivity (Wildman–Crippen MR) is 106 cm³/mol. The molecule has 6 nitrogen and oxygen atoms in total. The minimum absolute atomic E-state index is 0.107. The van der Waals surface area contributed by atoms with Crippen molar-refractivity contribution < 1.29 is 23.4 Å². The van der Waals surface area contributed by atoms with Crippen LogP contribution in [0.3, 0.4) is 0 Å². The second kappa shape index (κ2) is 8.88. The summed E-state index contributed by atoms with van der Waals surface area (Å²) in [6.45, 7) is 4.64. The molecule has 0 N–H and O–H groups in total. The van der Waals surface area contributed by atoms with Crippen molar-refractivity contribution in [3.05, 3.63) is 52.8 Å². The molecule has 2 aromatic carbocycles. The van der Waals surface area contributed by atoms with E-state index < -0.39 is 5.82 Å². The molecule has 0 radical (unpaired) electrons. The standard InChI is InChI=1S/C21H22ClFN2O4/c22-17-12-16(23)2-4-18(17)29-14-21(26)25-7-5-24(6-8-25)13-15-1-3-19-20(11-15)28-10-9-27-19/h1-4,11-12H,5-10,13-14H2. The molecular formula is C21H22ClFN2O4. The molecule has 4 rings (SSSR count). The molecule has 2 aromatic rings. The molecule has 2 aliphatic rings. The van der Waals surface area contributed by atoms with Gasteiger partial charge in [-0.2, -0.15) is 0 Å². The summed E-state index contributed by atoms with van der Waals surface area (Å²) >= 11 is 5.93. The van der Waals surface area contributed by atoms with Crippen molar-refractivity contribution in [2.75, 3.05) is 46.0 Å². The van der Waals surface area contributed by atoms with Crippen molar-refractivity contribution in [1.29, 1.82) is 0 Å². The molecule has 29 heavy (non-hydrogen) atoms. The lowest BCUT2D eigenvalue weighted by Gasteiger charge is -2.34. The van der Waals surface area contributed by atoms with Gasteiger partial charge in [-0.05, 0) is 35.9 Å². The zero-order valence-corrected chi connectivity index (χ0v) is 16.7. The Morgan fingerprint density at radius 3 is 2.55 bits per heavy atom. The number of fused-ring (bicyclic) bond motifs is 1. The summed E-state index contributed by atoms with van der Waals surface area (Å²) in [6.07, 6.45) is 0. The van der Waals surface area contributed by atoms with Crippen LogP contribution in [0.2, 0.25) is 5.02 Å². The number of carbonyl (C=O) groups is 1. The first kappa shape index (κ1) is 19.8. The summed E-state index contributed by atoms with van der Waals surface area (Å²) in [5.74, 6) is 1.33. The van der Waals surface area contributed by atoms with E-state index >= 15 is 0 Å². The Morgan fingerprint density at radius 2 is 1.79 bits per heavy atom. The highest BCUT2D eigenvalue weighted by Gasteiger charge is 2.22. The Bertz CT molecular complexity index is 887. The maximum atomic E-state index is 13.1. The van der Waals surface area contributed by atoms with Crippen LogP contribution in [-0.2, 0) is 11.3 Å². The predicted octanol–water partition coefficient (Wildman–Crippen LogP) is 2.97. The molecule has 0 spiro atoms. The first-order chi connectivity index (χ1) is 14.1. The van der Waals surface area contributed by atoms with Crippen LogP contribution in [0.1, 0.15) is 5.56 Å². The lowest BCUT2D eigenvalue weighted by molar-refractivity contribution is -0.135. The summed E-state index contributed by atoms with van der Waals surface area (Å²) in [5, 5.41) is 0.155. The molecule has 154 valence electrons. The van der Waals surface area contributed by atoms with Crippen LogP contribution < -0.4 is 14.2 Å². The van der Waals surface area contributed by atoms with Crippen LogP contribution >= 0.6 is 11.6 Å². The maximum Gasteiger partial charge on any atom is 0.260 e. The number of rotatable bonds is 5. The zero-order valence-electron chi connectivity index (χ0n) is 15.9. The molecule has 0 aliphatic carbocycles. The number of nitrogens with zero attached hydrogens (tertiary/aromatic N) is 2. The molecule has 0 saturated carbocycles. The Morgan fingerprint density at radius 1 is 1.03 bits per heavy atom. The monoisotopic (exact) mass is 420 g/mol. The van der Waals surface area contributed by atoms with Crippen molar-refractivity contribution in [2.24, 2.45) is 0 Å². The summed E-state index contributed by atoms with van der Waals surface area (Å²) in [6, 6.07) is 9.86. The lowest BCUT2D eigenvalue weighted by Crippen LogP contribution is -2.49. The van der Waals surface area contributed by atoms with Gasteiger partial charge in [-0.15, -0.1) is 0 Å². The van der Waals surface area contributed by atoms with Crippen LogP contribution in [0, 0.1) is 5.82 Å². The number of ether oxygens (including phenoxy) is 3. The number of halogens is 2. The van der Waals surface area contributed by atoms with E-state index in [9.17, 15) is 9.18 Å². The number of piperazine rings is 1. The molecule has 2 aliphatic heterocycles. The molecular weight excluding hydrogens is 399 g/mol. The Kier molecular flexibility index (Phi) is 6.06. The second-order valence-electron chi connectivity index (χ2n) is 7.00. The van der Waals surface area contributed by atoms with Gasteiger partial charge in [0.15, 0.2) is 18.1 Å². The number of benzene rings is 2. The molecule has 0 unspecified atom stereocenters. The van der Waals surface area contributed by atoms with Gasteiger partial charge in [0.05, 0.1) is 5.02 Å². The van der Waals surface area contributed by atoms with Crippen LogP contribution in [-0.4, -0.2) is 61.7 Å². The minimum Gasteiger partial charge on any atom is -0.486 e. The van der Waals surface area contributed by atoms with Crippen molar-refractivity contribution in [3.63, 3.8) is 0 Å². The van der Waals surface area contributed by atoms with E-state index in [1.807, 2.05) is 18.2 Å². The third kappa shape index (κ3) is 4.92. The lowest BCUT2D eigenvalue weighted by atomic mass is 10.1. The molecule has 1 saturated heterocycles. The summed E-state index contributed by atoms with van der Waals surface area (Å²) in [5.41, 5.74) is 1.16. The molecule has 0 aromatic heterocycles. The molecule has 2 heterocycles. The first-order valence-electron chi connectivity index (χ1n) is 9.55. The van der Waals surface area contributed by atoms with Crippen molar-refractivity contribution in [1.82, 2.24) is 9.80 Å². The topological polar surface area (TPSA) is 51.2 Å². The van der Waals surface area contributed by atoms with E-state index in [4.69, 9.17) is 25.8 Å². The number of amides is 1.